The SMILES string of the molecule is CC1(C)c2ccc(C(=O)O)cc2-c2c1cc(O)c1cc(C(F)(F)F)ccc21.COc1ccc2c3c(cc(O)c2c1)C(C)(C)c1ccc(C(=O)O)cc1-3.Cc1ccc2c3c(cc(O)c2c1)C(C)(C)c1ccc(C(=O)O)cc1-3. The number of methoxy groups -OCH3 is 1. The summed E-state index contributed by atoms with van der Waals surface area (Å²) in [6, 6.07) is 35.3. The molecule has 0 heterocycles. The van der Waals surface area contributed by atoms with Crippen LogP contribution in [-0.2, 0) is 22.4 Å². The lowest BCUT2D eigenvalue weighted by Gasteiger charge is -2.22. The number of aromatic hydroxyl groups is 3. The van der Waals surface area contributed by atoms with Gasteiger partial charge in [0.1, 0.15) is 23.0 Å². The lowest BCUT2D eigenvalue weighted by molar-refractivity contribution is -0.137. The molecule has 10 nitrogen and oxygen atoms in total. The van der Waals surface area contributed by atoms with Crippen molar-refractivity contribution in [3.05, 3.63) is 189 Å². The van der Waals surface area contributed by atoms with Gasteiger partial charge in [0.2, 0.25) is 0 Å². The quantitative estimate of drug-likeness (QED) is 0.0992. The summed E-state index contributed by atoms with van der Waals surface area (Å²) < 4.78 is 44.5. The summed E-state index contributed by atoms with van der Waals surface area (Å²) in [6.45, 7) is 14.3. The van der Waals surface area contributed by atoms with Gasteiger partial charge in [0.05, 0.1) is 29.4 Å². The number of phenolic OH excluding ortho intramolecular Hbond substituents is 3. The molecule has 9 aromatic rings. The maximum atomic E-state index is 13.1. The molecule has 384 valence electrons. The number of fused-ring (bicyclic) bond motifs is 15. The summed E-state index contributed by atoms with van der Waals surface area (Å²) in [5, 5.41) is 63.4. The molecule has 13 heteroatoms. The molecular weight excluding hydrogens is 974 g/mol. The number of phenols is 3. The lowest BCUT2D eigenvalue weighted by atomic mass is 9.81. The minimum atomic E-state index is -4.52. The van der Waals surface area contributed by atoms with Crippen LogP contribution in [0.15, 0.2) is 127 Å². The molecule has 0 aliphatic heterocycles. The molecule has 9 aromatic carbocycles. The second-order valence-corrected chi connectivity index (χ2v) is 21.2. The Morgan fingerprint density at radius 2 is 0.763 bits per heavy atom. The van der Waals surface area contributed by atoms with Crippen molar-refractivity contribution in [3.8, 4) is 56.4 Å². The Morgan fingerprint density at radius 1 is 0.421 bits per heavy atom. The largest absolute Gasteiger partial charge is 0.507 e. The van der Waals surface area contributed by atoms with Crippen LogP contribution in [0.5, 0.6) is 23.0 Å². The summed E-state index contributed by atoms with van der Waals surface area (Å²) in [5.41, 5.74) is 10.8. The van der Waals surface area contributed by atoms with Gasteiger partial charge in [0.15, 0.2) is 0 Å². The first-order chi connectivity index (χ1) is 35.7. The van der Waals surface area contributed by atoms with Crippen LogP contribution in [0, 0.1) is 6.92 Å². The van der Waals surface area contributed by atoms with Crippen LogP contribution in [0.3, 0.4) is 0 Å². The maximum absolute atomic E-state index is 13.1. The second kappa shape index (κ2) is 17.4. The van der Waals surface area contributed by atoms with E-state index in [1.165, 1.54) is 18.2 Å². The topological polar surface area (TPSA) is 182 Å². The fraction of sp³-hybridized carbons (Fsp3) is 0.190. The van der Waals surface area contributed by atoms with Crippen molar-refractivity contribution < 1.29 is 62.9 Å². The number of rotatable bonds is 4. The number of alkyl halides is 3. The Balaban J connectivity index is 0.000000130. The van der Waals surface area contributed by atoms with Crippen LogP contribution in [0.1, 0.15) is 117 Å². The van der Waals surface area contributed by atoms with E-state index < -0.39 is 35.1 Å². The van der Waals surface area contributed by atoms with Gasteiger partial charge < -0.3 is 35.4 Å². The highest BCUT2D eigenvalue weighted by Crippen LogP contribution is 2.56. The predicted octanol–water partition coefficient (Wildman–Crippen LogP) is 15.0. The summed E-state index contributed by atoms with van der Waals surface area (Å²) in [6.07, 6.45) is -4.52. The number of ether oxygens (including phenoxy) is 1. The number of hydrogen-bond acceptors (Lipinski definition) is 7. The van der Waals surface area contributed by atoms with E-state index in [2.05, 4.69) is 27.7 Å². The third-order valence-corrected chi connectivity index (χ3v) is 15.7. The van der Waals surface area contributed by atoms with E-state index in [0.29, 0.717) is 27.6 Å². The van der Waals surface area contributed by atoms with E-state index in [4.69, 9.17) is 4.74 Å². The number of benzene rings is 9. The van der Waals surface area contributed by atoms with Gasteiger partial charge in [-0.05, 0) is 181 Å². The highest BCUT2D eigenvalue weighted by Gasteiger charge is 2.41. The maximum Gasteiger partial charge on any atom is 0.416 e. The molecule has 0 radical (unpaired) electrons. The Morgan fingerprint density at radius 3 is 1.12 bits per heavy atom. The molecule has 0 aromatic heterocycles. The molecule has 0 amide bonds. The number of halogens is 3. The molecule has 0 fully saturated rings. The Hall–Kier alpha value is -8.84. The third-order valence-electron chi connectivity index (χ3n) is 15.7. The highest BCUT2D eigenvalue weighted by atomic mass is 19.4. The van der Waals surface area contributed by atoms with Crippen molar-refractivity contribution in [2.45, 2.75) is 70.9 Å². The number of hydrogen-bond donors (Lipinski definition) is 6. The number of aryl methyl sites for hydroxylation is 1. The molecule has 3 aliphatic carbocycles. The van der Waals surface area contributed by atoms with Crippen LogP contribution >= 0.6 is 0 Å². The average molecular weight is 1030 g/mol. The van der Waals surface area contributed by atoms with Gasteiger partial charge >= 0.3 is 24.1 Å². The molecule has 12 rings (SSSR count). The van der Waals surface area contributed by atoms with Crippen molar-refractivity contribution in [1.82, 2.24) is 0 Å². The lowest BCUT2D eigenvalue weighted by Crippen LogP contribution is -2.15. The standard InChI is InChI=1S/C21H15F3O3.C21H18O4.C21H18O3/c1-20(2)15-6-3-10(19(26)27)7-14(15)18-12-5-4-11(21(22,23)24)8-13(12)17(25)9-16(18)20;1-21(2)16-7-4-11(20(23)24)8-15(16)19-13-6-5-12(25-3)9-14(13)18(22)10-17(19)21;1-11-4-6-13-14(8-11)18(22)10-17-19(13)15-9-12(20(23)24)5-7-16(15)21(17,2)3/h3-9,25H,1-2H3,(H,26,27);4-10,22H,1-3H3,(H,23,24);4-10,22H,1-3H3,(H,23,24). The number of carboxylic acid groups (broad SMARTS) is 3. The first kappa shape index (κ1) is 50.7. The molecule has 3 aliphatic rings. The van der Waals surface area contributed by atoms with E-state index in [1.54, 1.807) is 55.6 Å². The van der Waals surface area contributed by atoms with Crippen LogP contribution < -0.4 is 4.74 Å². The zero-order valence-corrected chi connectivity index (χ0v) is 42.6. The van der Waals surface area contributed by atoms with E-state index in [9.17, 15) is 58.2 Å². The van der Waals surface area contributed by atoms with Gasteiger partial charge in [-0.15, -0.1) is 0 Å². The van der Waals surface area contributed by atoms with E-state index >= 15 is 0 Å². The highest BCUT2D eigenvalue weighted by molar-refractivity contribution is 6.09. The van der Waals surface area contributed by atoms with Gasteiger partial charge in [0, 0.05) is 32.4 Å². The molecule has 76 heavy (non-hydrogen) atoms. The third kappa shape index (κ3) is 7.82. The molecule has 0 spiro atoms. The fourth-order valence-corrected chi connectivity index (χ4v) is 11.7. The van der Waals surface area contributed by atoms with E-state index in [-0.39, 0.29) is 50.2 Å². The molecule has 0 unspecified atom stereocenters. The van der Waals surface area contributed by atoms with Crippen molar-refractivity contribution in [1.29, 1.82) is 0 Å². The Kier molecular flexibility index (Phi) is 11.6. The molecule has 0 saturated carbocycles. The van der Waals surface area contributed by atoms with Gasteiger partial charge in [-0.2, -0.15) is 13.2 Å². The summed E-state index contributed by atoms with van der Waals surface area (Å²) >= 11 is 0. The van der Waals surface area contributed by atoms with Crippen LogP contribution in [0.4, 0.5) is 13.2 Å². The zero-order valence-electron chi connectivity index (χ0n) is 42.6. The minimum absolute atomic E-state index is 0.0907. The summed E-state index contributed by atoms with van der Waals surface area (Å²) in [4.78, 5) is 34.2. The van der Waals surface area contributed by atoms with Crippen molar-refractivity contribution in [2.24, 2.45) is 0 Å². The van der Waals surface area contributed by atoms with Crippen LogP contribution in [0.25, 0.3) is 65.7 Å². The van der Waals surface area contributed by atoms with Crippen molar-refractivity contribution in [3.63, 3.8) is 0 Å². The molecular formula is C63H51F3O10. The van der Waals surface area contributed by atoms with Gasteiger partial charge in [-0.1, -0.05) is 83.5 Å². The van der Waals surface area contributed by atoms with E-state index in [1.807, 2.05) is 69.3 Å². The second-order valence-electron chi connectivity index (χ2n) is 21.2. The first-order valence-corrected chi connectivity index (χ1v) is 24.3. The summed E-state index contributed by atoms with van der Waals surface area (Å²) in [5.74, 6) is -2.04. The minimum Gasteiger partial charge on any atom is -0.507 e. The van der Waals surface area contributed by atoms with Gasteiger partial charge in [-0.3, -0.25) is 0 Å². The Bertz CT molecular complexity index is 4030. The van der Waals surface area contributed by atoms with Crippen LogP contribution in [-0.4, -0.2) is 55.7 Å². The smallest absolute Gasteiger partial charge is 0.416 e. The molecule has 6 N–H and O–H groups in total. The van der Waals surface area contributed by atoms with Gasteiger partial charge in [-0.25, -0.2) is 14.4 Å². The number of carboxylic acids is 3. The predicted molar refractivity (Wildman–Crippen MR) is 287 cm³/mol. The van der Waals surface area contributed by atoms with Crippen molar-refractivity contribution >= 4 is 50.2 Å². The number of carbonyl (C=O) groups is 3. The first-order valence-electron chi connectivity index (χ1n) is 24.3. The monoisotopic (exact) mass is 1020 g/mol. The zero-order chi connectivity index (χ0) is 54.9. The fourth-order valence-electron chi connectivity index (χ4n) is 11.7. The number of aromatic carboxylic acids is 3. The molecule has 0 atom stereocenters. The summed E-state index contributed by atoms with van der Waals surface area (Å²) in [7, 11) is 1.59. The average Bonchev–Trinajstić information content (AvgIpc) is 3.94. The van der Waals surface area contributed by atoms with E-state index in [0.717, 1.165) is 89.5 Å². The van der Waals surface area contributed by atoms with Gasteiger partial charge in [0.25, 0.3) is 0 Å². The van der Waals surface area contributed by atoms with Crippen molar-refractivity contribution in [2.75, 3.05) is 7.11 Å². The van der Waals surface area contributed by atoms with Crippen LogP contribution in [0.2, 0.25) is 0 Å². The molecule has 0 saturated heterocycles. The molecule has 0 bridgehead atoms. The Labute approximate surface area is 434 Å². The normalized spacial score (nSPS) is 14.5.